The van der Waals surface area contributed by atoms with E-state index in [-0.39, 0.29) is 12.5 Å². The smallest absolute Gasteiger partial charge is 0.236 e. The zero-order chi connectivity index (χ0) is 8.97. The van der Waals surface area contributed by atoms with Crippen LogP contribution in [-0.2, 0) is 4.79 Å². The third-order valence-corrected chi connectivity index (χ3v) is 2.16. The number of likely N-dealkylation sites (tertiary alicyclic amines) is 1. The number of rotatable bonds is 3. The molecule has 0 saturated carbocycles. The molecule has 0 aromatic heterocycles. The zero-order valence-corrected chi connectivity index (χ0v) is 8.15. The van der Waals surface area contributed by atoms with Crippen LogP contribution in [0.1, 0.15) is 12.8 Å². The fourth-order valence-corrected chi connectivity index (χ4v) is 1.39. The molecule has 70 valence electrons. The molecular weight excluding hydrogens is 175 g/mol. The molecule has 2 atom stereocenters. The van der Waals surface area contributed by atoms with Crippen molar-refractivity contribution in [1.29, 1.82) is 0 Å². The summed E-state index contributed by atoms with van der Waals surface area (Å²) >= 11 is 0. The van der Waals surface area contributed by atoms with Crippen LogP contribution in [0.25, 0.3) is 0 Å². The van der Waals surface area contributed by atoms with Crippen molar-refractivity contribution in [3.05, 3.63) is 0 Å². The first kappa shape index (κ1) is 9.90. The Balaban J connectivity index is 2.18. The zero-order valence-electron chi connectivity index (χ0n) is 6.99. The molecule has 0 radical (unpaired) electrons. The van der Waals surface area contributed by atoms with Gasteiger partial charge in [-0.3, -0.25) is 10.1 Å². The number of carbonyl (C=O) groups is 1. The van der Waals surface area contributed by atoms with Crippen molar-refractivity contribution in [1.82, 2.24) is 10.2 Å². The van der Waals surface area contributed by atoms with E-state index in [9.17, 15) is 4.79 Å². The molecule has 2 N–H and O–H groups in total. The average Bonchev–Trinajstić information content (AvgIpc) is 2.51. The highest BCUT2D eigenvalue weighted by molar-refractivity contribution is 7.17. The highest BCUT2D eigenvalue weighted by Crippen LogP contribution is 2.06. The fourth-order valence-electron chi connectivity index (χ4n) is 1.27. The fraction of sp³-hybridized carbons (Fsp3) is 0.857. The second-order valence-electron chi connectivity index (χ2n) is 2.91. The van der Waals surface area contributed by atoms with E-state index in [0.29, 0.717) is 0 Å². The Hall–Kier alpha value is -0.180. The van der Waals surface area contributed by atoms with E-state index in [2.05, 4.69) is 14.6 Å². The molecule has 12 heavy (non-hydrogen) atoms. The molecule has 1 amide bonds. The molecule has 1 rings (SSSR count). The molecule has 0 aliphatic carbocycles. The Morgan fingerprint density at radius 3 is 2.67 bits per heavy atom. The van der Waals surface area contributed by atoms with Crippen molar-refractivity contribution in [2.75, 3.05) is 19.6 Å². The largest absolute Gasteiger partial charge is 0.375 e. The van der Waals surface area contributed by atoms with Crippen LogP contribution in [0.4, 0.5) is 0 Å². The predicted octanol–water partition coefficient (Wildman–Crippen LogP) is -0.651. The Morgan fingerprint density at radius 2 is 2.17 bits per heavy atom. The van der Waals surface area contributed by atoms with Gasteiger partial charge in [-0.05, 0) is 12.8 Å². The number of nitrogens with zero attached hydrogens (tertiary/aromatic N) is 1. The van der Waals surface area contributed by atoms with Crippen LogP contribution in [0.15, 0.2) is 0 Å². The summed E-state index contributed by atoms with van der Waals surface area (Å²) in [6.45, 7) is 1.96. The lowest BCUT2D eigenvalue weighted by Crippen LogP contribution is -2.38. The molecule has 1 saturated heterocycles. The first-order valence-electron chi connectivity index (χ1n) is 4.15. The summed E-state index contributed by atoms with van der Waals surface area (Å²) in [5.74, 6) is -0.606. The van der Waals surface area contributed by atoms with Crippen LogP contribution in [0.5, 0.6) is 0 Å². The van der Waals surface area contributed by atoms with Crippen molar-refractivity contribution in [2.45, 2.75) is 18.8 Å². The highest BCUT2D eigenvalue weighted by Gasteiger charge is 2.17. The number of hydrogen-bond donors (Lipinski definition) is 2. The molecule has 0 aromatic carbocycles. The minimum Gasteiger partial charge on any atom is -0.375 e. The van der Waals surface area contributed by atoms with Crippen LogP contribution < -0.4 is 5.32 Å². The van der Waals surface area contributed by atoms with Gasteiger partial charge in [0.15, 0.2) is 0 Å². The van der Waals surface area contributed by atoms with E-state index in [1.165, 1.54) is 0 Å². The second-order valence-corrected chi connectivity index (χ2v) is 3.55. The lowest BCUT2D eigenvalue weighted by Gasteiger charge is -2.16. The minimum absolute atomic E-state index is 0.0778. The molecule has 2 unspecified atom stereocenters. The lowest BCUT2D eigenvalue weighted by atomic mass is 10.4. The van der Waals surface area contributed by atoms with E-state index in [1.54, 1.807) is 0 Å². The normalized spacial score (nSPS) is 19.7. The number of aliphatic hydroxyl groups excluding tert-OH is 1. The van der Waals surface area contributed by atoms with Gasteiger partial charge in [0, 0.05) is 13.1 Å². The second kappa shape index (κ2) is 4.75. The predicted molar refractivity (Wildman–Crippen MR) is 49.5 cm³/mol. The van der Waals surface area contributed by atoms with Gasteiger partial charge in [0.1, 0.15) is 5.97 Å². The van der Waals surface area contributed by atoms with Gasteiger partial charge in [0.2, 0.25) is 5.91 Å². The summed E-state index contributed by atoms with van der Waals surface area (Å²) in [4.78, 5) is 13.1. The first-order chi connectivity index (χ1) is 5.70. The quantitative estimate of drug-likeness (QED) is 0.459. The number of nitrogens with one attached hydrogen (secondary N) is 1. The van der Waals surface area contributed by atoms with Gasteiger partial charge in [-0.2, -0.15) is 0 Å². The maximum atomic E-state index is 11.3. The standard InChI is InChI=1S/C7H15N2O2P/c10-6(5-8-7(11)12)9-3-1-2-4-9/h7-8,11H,1-5,12H2. The van der Waals surface area contributed by atoms with Crippen molar-refractivity contribution < 1.29 is 9.90 Å². The number of hydrogen-bond acceptors (Lipinski definition) is 3. The number of amides is 1. The summed E-state index contributed by atoms with van der Waals surface area (Å²) < 4.78 is 0. The lowest BCUT2D eigenvalue weighted by molar-refractivity contribution is -0.129. The van der Waals surface area contributed by atoms with Crippen LogP contribution in [0.2, 0.25) is 0 Å². The third-order valence-electron chi connectivity index (χ3n) is 1.92. The average molecular weight is 190 g/mol. The Bertz CT molecular complexity index is 157. The van der Waals surface area contributed by atoms with Gasteiger partial charge in [0.05, 0.1) is 6.54 Å². The van der Waals surface area contributed by atoms with Gasteiger partial charge in [0.25, 0.3) is 0 Å². The van der Waals surface area contributed by atoms with Gasteiger partial charge >= 0.3 is 0 Å². The molecular formula is C7H15N2O2P. The van der Waals surface area contributed by atoms with E-state index in [4.69, 9.17) is 5.11 Å². The molecule has 1 heterocycles. The third kappa shape index (κ3) is 3.05. The van der Waals surface area contributed by atoms with Gasteiger partial charge < -0.3 is 10.0 Å². The van der Waals surface area contributed by atoms with Crippen LogP contribution in [0.3, 0.4) is 0 Å². The monoisotopic (exact) mass is 190 g/mol. The maximum absolute atomic E-state index is 11.3. The summed E-state index contributed by atoms with van der Waals surface area (Å²) in [6, 6.07) is 0. The van der Waals surface area contributed by atoms with Crippen LogP contribution in [-0.4, -0.2) is 41.5 Å². The highest BCUT2D eigenvalue weighted by atomic mass is 31.0. The summed E-state index contributed by atoms with van der Waals surface area (Å²) in [6.07, 6.45) is 2.21. The SMILES string of the molecule is O=C(CNC(O)P)N1CCCC1. The summed E-state index contributed by atoms with van der Waals surface area (Å²) in [5.41, 5.74) is 0. The maximum Gasteiger partial charge on any atom is 0.236 e. The van der Waals surface area contributed by atoms with Gasteiger partial charge in [-0.15, -0.1) is 0 Å². The van der Waals surface area contributed by atoms with E-state index in [0.717, 1.165) is 25.9 Å². The van der Waals surface area contributed by atoms with Crippen molar-refractivity contribution in [3.8, 4) is 0 Å². The van der Waals surface area contributed by atoms with E-state index >= 15 is 0 Å². The molecule has 5 heteroatoms. The summed E-state index contributed by atoms with van der Waals surface area (Å²) in [5, 5.41) is 11.5. The molecule has 1 aliphatic rings. The van der Waals surface area contributed by atoms with Crippen LogP contribution in [0, 0.1) is 0 Å². The molecule has 0 bridgehead atoms. The Labute approximate surface area is 74.5 Å². The molecule has 4 nitrogen and oxygen atoms in total. The number of aliphatic hydroxyl groups is 1. The van der Waals surface area contributed by atoms with Crippen molar-refractivity contribution in [2.24, 2.45) is 0 Å². The van der Waals surface area contributed by atoms with Crippen LogP contribution >= 0.6 is 9.24 Å². The van der Waals surface area contributed by atoms with E-state index in [1.807, 2.05) is 4.90 Å². The summed E-state index contributed by atoms with van der Waals surface area (Å²) in [7, 11) is 2.18. The molecule has 1 aliphatic heterocycles. The number of carbonyl (C=O) groups excluding carboxylic acids is 1. The van der Waals surface area contributed by atoms with Gasteiger partial charge in [-0.25, -0.2) is 0 Å². The molecule has 0 spiro atoms. The topological polar surface area (TPSA) is 52.6 Å². The van der Waals surface area contributed by atoms with Gasteiger partial charge in [-0.1, -0.05) is 9.24 Å². The first-order valence-corrected chi connectivity index (χ1v) is 4.81. The molecule has 1 fully saturated rings. The van der Waals surface area contributed by atoms with E-state index < -0.39 is 5.97 Å². The van der Waals surface area contributed by atoms with Crippen molar-refractivity contribution >= 4 is 15.1 Å². The Morgan fingerprint density at radius 1 is 1.58 bits per heavy atom. The minimum atomic E-state index is -0.684. The molecule has 0 aromatic rings. The Kier molecular flexibility index (Phi) is 3.92. The van der Waals surface area contributed by atoms with Crippen molar-refractivity contribution in [3.63, 3.8) is 0 Å².